The highest BCUT2D eigenvalue weighted by atomic mass is 16.2. The second-order valence-corrected chi connectivity index (χ2v) is 9.87. The molecule has 0 saturated carbocycles. The lowest BCUT2D eigenvalue weighted by atomic mass is 9.91. The third-order valence-corrected chi connectivity index (χ3v) is 6.72. The average Bonchev–Trinajstić information content (AvgIpc) is 3.16. The van der Waals surface area contributed by atoms with Crippen molar-refractivity contribution in [1.82, 2.24) is 9.88 Å². The van der Waals surface area contributed by atoms with Gasteiger partial charge >= 0.3 is 0 Å². The number of aromatic nitrogens is 1. The van der Waals surface area contributed by atoms with Crippen molar-refractivity contribution in [2.75, 3.05) is 23.7 Å². The minimum Gasteiger partial charge on any atom is -0.368 e. The van der Waals surface area contributed by atoms with Gasteiger partial charge in [0.15, 0.2) is 0 Å². The summed E-state index contributed by atoms with van der Waals surface area (Å²) in [5, 5.41) is 15.2. The molecule has 0 spiro atoms. The molecule has 190 valence electrons. The number of anilines is 2. The SMILES string of the molecule is Cc1ccc(C(=O)N2CCC[C@H](c3ccc(C#N)cc3)CC2)cc1NC(=O)c1ccc(NC(C)C)nc1. The van der Waals surface area contributed by atoms with E-state index in [1.54, 1.807) is 24.4 Å². The molecule has 2 heterocycles. The van der Waals surface area contributed by atoms with Crippen molar-refractivity contribution in [1.29, 1.82) is 5.26 Å². The third-order valence-electron chi connectivity index (χ3n) is 6.72. The van der Waals surface area contributed by atoms with E-state index >= 15 is 0 Å². The van der Waals surface area contributed by atoms with Gasteiger partial charge in [-0.2, -0.15) is 5.26 Å². The molecule has 0 bridgehead atoms. The van der Waals surface area contributed by atoms with E-state index in [0.717, 1.165) is 24.8 Å². The molecule has 1 aromatic heterocycles. The second-order valence-electron chi connectivity index (χ2n) is 9.87. The summed E-state index contributed by atoms with van der Waals surface area (Å²) in [5.74, 6) is 0.793. The van der Waals surface area contributed by atoms with Gasteiger partial charge in [0.05, 0.1) is 17.2 Å². The van der Waals surface area contributed by atoms with Crippen LogP contribution in [0.5, 0.6) is 0 Å². The quantitative estimate of drug-likeness (QED) is 0.454. The van der Waals surface area contributed by atoms with E-state index in [-0.39, 0.29) is 17.9 Å². The predicted molar refractivity (Wildman–Crippen MR) is 146 cm³/mol. The minimum absolute atomic E-state index is 0.0262. The third kappa shape index (κ3) is 6.53. The van der Waals surface area contributed by atoms with E-state index < -0.39 is 0 Å². The highest BCUT2D eigenvalue weighted by Gasteiger charge is 2.23. The molecule has 2 N–H and O–H groups in total. The fourth-order valence-corrected chi connectivity index (χ4v) is 4.64. The number of benzene rings is 2. The molecule has 3 aromatic rings. The summed E-state index contributed by atoms with van der Waals surface area (Å²) in [7, 11) is 0. The van der Waals surface area contributed by atoms with Gasteiger partial charge in [-0.3, -0.25) is 9.59 Å². The van der Waals surface area contributed by atoms with Gasteiger partial charge in [-0.1, -0.05) is 18.2 Å². The van der Waals surface area contributed by atoms with Crippen LogP contribution in [0.3, 0.4) is 0 Å². The van der Waals surface area contributed by atoms with Crippen molar-refractivity contribution in [3.63, 3.8) is 0 Å². The zero-order chi connectivity index (χ0) is 26.4. The second kappa shape index (κ2) is 11.7. The van der Waals surface area contributed by atoms with Gasteiger partial charge in [0.25, 0.3) is 11.8 Å². The number of carbonyl (C=O) groups excluding carboxylic acids is 2. The molecule has 2 amide bonds. The van der Waals surface area contributed by atoms with Crippen LogP contribution in [-0.4, -0.2) is 40.8 Å². The number of aryl methyl sites for hydroxylation is 1. The molecule has 0 aliphatic carbocycles. The molecular formula is C30H33N5O2. The van der Waals surface area contributed by atoms with E-state index in [1.807, 2.05) is 62.1 Å². The molecule has 1 aliphatic rings. The summed E-state index contributed by atoms with van der Waals surface area (Å²) in [6.45, 7) is 7.33. The molecule has 1 fully saturated rings. The van der Waals surface area contributed by atoms with Crippen molar-refractivity contribution in [3.8, 4) is 6.07 Å². The molecule has 4 rings (SSSR count). The summed E-state index contributed by atoms with van der Waals surface area (Å²) < 4.78 is 0. The molecule has 37 heavy (non-hydrogen) atoms. The van der Waals surface area contributed by atoms with E-state index in [9.17, 15) is 9.59 Å². The number of amides is 2. The van der Waals surface area contributed by atoms with Crippen LogP contribution in [0.15, 0.2) is 60.8 Å². The Morgan fingerprint density at radius 1 is 1.03 bits per heavy atom. The summed E-state index contributed by atoms with van der Waals surface area (Å²) >= 11 is 0. The summed E-state index contributed by atoms with van der Waals surface area (Å²) in [4.78, 5) is 32.5. The van der Waals surface area contributed by atoms with Crippen LogP contribution in [0.4, 0.5) is 11.5 Å². The minimum atomic E-state index is -0.267. The number of hydrogen-bond acceptors (Lipinski definition) is 5. The van der Waals surface area contributed by atoms with Gasteiger partial charge in [0.2, 0.25) is 0 Å². The molecule has 1 atom stereocenters. The first-order valence-electron chi connectivity index (χ1n) is 12.8. The number of rotatable bonds is 6. The maximum atomic E-state index is 13.4. The van der Waals surface area contributed by atoms with E-state index in [4.69, 9.17) is 5.26 Å². The van der Waals surface area contributed by atoms with Crippen LogP contribution in [0.2, 0.25) is 0 Å². The van der Waals surface area contributed by atoms with Gasteiger partial charge in [-0.25, -0.2) is 4.98 Å². The molecule has 1 aliphatic heterocycles. The van der Waals surface area contributed by atoms with Crippen LogP contribution >= 0.6 is 0 Å². The first-order chi connectivity index (χ1) is 17.8. The Kier molecular flexibility index (Phi) is 8.19. The van der Waals surface area contributed by atoms with Crippen LogP contribution in [-0.2, 0) is 0 Å². The Labute approximate surface area is 218 Å². The normalized spacial score (nSPS) is 15.5. The molecular weight excluding hydrogens is 462 g/mol. The first-order valence-corrected chi connectivity index (χ1v) is 12.8. The van der Waals surface area contributed by atoms with E-state index in [1.165, 1.54) is 5.56 Å². The number of nitriles is 1. The Balaban J connectivity index is 1.42. The fraction of sp³-hybridized carbons (Fsp3) is 0.333. The van der Waals surface area contributed by atoms with Gasteiger partial charge in [0, 0.05) is 36.6 Å². The number of likely N-dealkylation sites (tertiary alicyclic amines) is 1. The number of carbonyl (C=O) groups is 2. The van der Waals surface area contributed by atoms with Gasteiger partial charge in [-0.05, 0) is 93.5 Å². The van der Waals surface area contributed by atoms with Crippen molar-refractivity contribution < 1.29 is 9.59 Å². The summed E-state index contributed by atoms with van der Waals surface area (Å²) in [6, 6.07) is 19.2. The topological polar surface area (TPSA) is 98.1 Å². The lowest BCUT2D eigenvalue weighted by molar-refractivity contribution is 0.0760. The summed E-state index contributed by atoms with van der Waals surface area (Å²) in [6.07, 6.45) is 4.35. The molecule has 7 heteroatoms. The lowest BCUT2D eigenvalue weighted by Crippen LogP contribution is -2.32. The highest BCUT2D eigenvalue weighted by Crippen LogP contribution is 2.29. The van der Waals surface area contributed by atoms with E-state index in [0.29, 0.717) is 47.2 Å². The Morgan fingerprint density at radius 3 is 2.46 bits per heavy atom. The highest BCUT2D eigenvalue weighted by molar-refractivity contribution is 6.05. The average molecular weight is 496 g/mol. The van der Waals surface area contributed by atoms with Crippen LogP contribution in [0.25, 0.3) is 0 Å². The Hall–Kier alpha value is -4.18. The molecule has 1 saturated heterocycles. The number of hydrogen-bond donors (Lipinski definition) is 2. The van der Waals surface area contributed by atoms with Crippen molar-refractivity contribution >= 4 is 23.3 Å². The zero-order valence-corrected chi connectivity index (χ0v) is 21.6. The first kappa shape index (κ1) is 25.9. The van der Waals surface area contributed by atoms with Crippen LogP contribution in [0.1, 0.15) is 76.4 Å². The molecule has 7 nitrogen and oxygen atoms in total. The number of pyridine rings is 1. The van der Waals surface area contributed by atoms with Crippen LogP contribution < -0.4 is 10.6 Å². The Morgan fingerprint density at radius 2 is 1.78 bits per heavy atom. The van der Waals surface area contributed by atoms with Crippen molar-refractivity contribution in [2.45, 2.75) is 52.0 Å². The number of nitrogens with one attached hydrogen (secondary N) is 2. The standard InChI is InChI=1S/C30H33N5O2/c1-20(2)33-28-13-12-26(19-32-28)29(36)34-27-17-25(9-6-21(27)3)30(37)35-15-4-5-23(14-16-35)24-10-7-22(18-31)8-11-24/h6-13,17,19-20,23H,4-5,14-16H2,1-3H3,(H,32,33)(H,34,36)/t23-/m0/s1. The maximum absolute atomic E-state index is 13.4. The fourth-order valence-electron chi connectivity index (χ4n) is 4.64. The predicted octanol–water partition coefficient (Wildman–Crippen LogP) is 5.74. The molecule has 2 aromatic carbocycles. The molecule has 0 radical (unpaired) electrons. The monoisotopic (exact) mass is 495 g/mol. The molecule has 0 unspecified atom stereocenters. The largest absolute Gasteiger partial charge is 0.368 e. The van der Waals surface area contributed by atoms with Crippen molar-refractivity contribution in [3.05, 3.63) is 88.6 Å². The smallest absolute Gasteiger partial charge is 0.257 e. The number of nitrogens with zero attached hydrogens (tertiary/aromatic N) is 3. The Bertz CT molecular complexity index is 1290. The van der Waals surface area contributed by atoms with Gasteiger partial charge in [-0.15, -0.1) is 0 Å². The lowest BCUT2D eigenvalue weighted by Gasteiger charge is -2.21. The van der Waals surface area contributed by atoms with Crippen LogP contribution in [0, 0.1) is 18.3 Å². The van der Waals surface area contributed by atoms with Crippen molar-refractivity contribution in [2.24, 2.45) is 0 Å². The zero-order valence-electron chi connectivity index (χ0n) is 21.6. The van der Waals surface area contributed by atoms with E-state index in [2.05, 4.69) is 21.7 Å². The van der Waals surface area contributed by atoms with Gasteiger partial charge in [0.1, 0.15) is 5.82 Å². The van der Waals surface area contributed by atoms with Gasteiger partial charge < -0.3 is 15.5 Å². The maximum Gasteiger partial charge on any atom is 0.257 e. The summed E-state index contributed by atoms with van der Waals surface area (Å²) in [5.41, 5.74) is 4.39.